The second-order valence-electron chi connectivity index (χ2n) is 8.06. The van der Waals surface area contributed by atoms with Gasteiger partial charge in [-0.05, 0) is 53.8 Å². The molecule has 0 saturated heterocycles. The van der Waals surface area contributed by atoms with E-state index in [-0.39, 0.29) is 57.2 Å². The minimum absolute atomic E-state index is 0. The Labute approximate surface area is 256 Å². The molecule has 4 aromatic rings. The van der Waals surface area contributed by atoms with Gasteiger partial charge in [0.05, 0.1) is 29.2 Å². The molecule has 0 radical (unpaired) electrons. The molecule has 0 aliphatic rings. The van der Waals surface area contributed by atoms with Crippen LogP contribution in [0, 0.1) is 0 Å². The number of hydrogen-bond acceptors (Lipinski definition) is 7. The summed E-state index contributed by atoms with van der Waals surface area (Å²) in [6, 6.07) is 15.4. The Balaban J connectivity index is 0.00000420. The standard InChI is InChI=1S/C26H21Cl2N3O6S.Na/c1-3-14-11-23(38(34,35)36)19(28)13-20(14)30-31-24-17-7-5-4-6-15(17)10-18(25(24)32)26(33)29-21-12-16(27)8-9-22(21)37-2;/h4-13,32H,3H2,1-2H3,(H,29,33)(H,34,35,36);/q;+1/p-1. The first-order chi connectivity index (χ1) is 18.0. The fourth-order valence-electron chi connectivity index (χ4n) is 3.81. The largest absolute Gasteiger partial charge is 1.00 e. The molecule has 0 bridgehead atoms. The molecule has 0 unspecified atom stereocenters. The number of anilines is 1. The second kappa shape index (κ2) is 12.6. The van der Waals surface area contributed by atoms with Crippen molar-refractivity contribution < 1.29 is 57.2 Å². The van der Waals surface area contributed by atoms with E-state index in [1.54, 1.807) is 43.3 Å². The molecule has 4 aromatic carbocycles. The monoisotopic (exact) mass is 595 g/mol. The maximum absolute atomic E-state index is 13.5. The number of rotatable bonds is 7. The summed E-state index contributed by atoms with van der Waals surface area (Å²) in [7, 11) is -3.11. The average Bonchev–Trinajstić information content (AvgIpc) is 2.87. The van der Waals surface area contributed by atoms with Gasteiger partial charge in [-0.25, -0.2) is 0 Å². The topological polar surface area (TPSA) is 140 Å². The minimum Gasteiger partial charge on any atom is -0.870 e. The number of carbonyl (C=O) groups excluding carboxylic acids is 1. The molecule has 2 N–H and O–H groups in total. The van der Waals surface area contributed by atoms with Crippen LogP contribution in [0.2, 0.25) is 10.0 Å². The van der Waals surface area contributed by atoms with Gasteiger partial charge in [0.2, 0.25) is 0 Å². The summed E-state index contributed by atoms with van der Waals surface area (Å²) >= 11 is 12.1. The quantitative estimate of drug-likeness (QED) is 0.189. The predicted octanol–water partition coefficient (Wildman–Crippen LogP) is 3.71. The summed E-state index contributed by atoms with van der Waals surface area (Å²) in [6.07, 6.45) is 0.336. The molecule has 4 rings (SSSR count). The Bertz CT molecular complexity index is 1710. The van der Waals surface area contributed by atoms with E-state index in [4.69, 9.17) is 27.9 Å². The zero-order valence-electron chi connectivity index (χ0n) is 21.0. The van der Waals surface area contributed by atoms with E-state index < -0.39 is 26.7 Å². The summed E-state index contributed by atoms with van der Waals surface area (Å²) in [5.41, 5.74) is 0.622. The maximum Gasteiger partial charge on any atom is 1.00 e. The number of ether oxygens (including phenoxy) is 1. The zero-order chi connectivity index (χ0) is 27.6. The van der Waals surface area contributed by atoms with E-state index in [0.717, 1.165) is 0 Å². The zero-order valence-corrected chi connectivity index (χ0v) is 25.4. The van der Waals surface area contributed by atoms with Crippen molar-refractivity contribution in [3.05, 3.63) is 81.8 Å². The molecule has 0 heterocycles. The smallest absolute Gasteiger partial charge is 0.870 e. The third kappa shape index (κ3) is 6.72. The molecule has 0 aliphatic heterocycles. The summed E-state index contributed by atoms with van der Waals surface area (Å²) in [5.74, 6) is -1.02. The van der Waals surface area contributed by atoms with Gasteiger partial charge in [-0.1, -0.05) is 60.1 Å². The second-order valence-corrected chi connectivity index (χ2v) is 10.3. The molecule has 9 nitrogen and oxygen atoms in total. The van der Waals surface area contributed by atoms with Crippen LogP contribution in [0.4, 0.5) is 17.1 Å². The van der Waals surface area contributed by atoms with Crippen molar-refractivity contribution in [2.24, 2.45) is 10.2 Å². The van der Waals surface area contributed by atoms with Crippen LogP contribution in [0.3, 0.4) is 0 Å². The van der Waals surface area contributed by atoms with Crippen molar-refractivity contribution in [3.8, 4) is 11.5 Å². The predicted molar refractivity (Wildman–Crippen MR) is 144 cm³/mol. The number of halogens is 2. The fourth-order valence-corrected chi connectivity index (χ4v) is 5.03. The molecule has 0 spiro atoms. The first kappa shape index (κ1) is 30.8. The molecule has 13 heteroatoms. The average molecular weight is 596 g/mol. The summed E-state index contributed by atoms with van der Waals surface area (Å²) < 4.78 is 37.9. The minimum atomic E-state index is -4.55. The number of methoxy groups -OCH3 is 1. The Morgan fingerprint density at radius 3 is 2.46 bits per heavy atom. The number of nitrogens with zero attached hydrogens (tertiary/aromatic N) is 2. The summed E-state index contributed by atoms with van der Waals surface area (Å²) in [6.45, 7) is 1.75. The van der Waals surface area contributed by atoms with Gasteiger partial charge in [0.15, 0.2) is 0 Å². The van der Waals surface area contributed by atoms with Crippen LogP contribution >= 0.6 is 23.2 Å². The van der Waals surface area contributed by atoms with Gasteiger partial charge in [-0.15, -0.1) is 0 Å². The number of azo groups is 1. The van der Waals surface area contributed by atoms with E-state index >= 15 is 0 Å². The molecular weight excluding hydrogens is 576 g/mol. The first-order valence-electron chi connectivity index (χ1n) is 11.1. The van der Waals surface area contributed by atoms with Crippen LogP contribution < -0.4 is 44.7 Å². The van der Waals surface area contributed by atoms with E-state index in [1.807, 2.05) is 0 Å². The molecule has 0 atom stereocenters. The van der Waals surface area contributed by atoms with Crippen molar-refractivity contribution >= 4 is 67.1 Å². The molecule has 0 aliphatic carbocycles. The van der Waals surface area contributed by atoms with E-state index in [9.17, 15) is 22.9 Å². The number of aryl methyl sites for hydroxylation is 1. The Kier molecular flexibility index (Phi) is 10.0. The molecule has 39 heavy (non-hydrogen) atoms. The summed E-state index contributed by atoms with van der Waals surface area (Å²) in [5, 5.41) is 25.6. The number of nitrogens with one attached hydrogen (secondary N) is 1. The normalized spacial score (nSPS) is 11.4. The molecule has 0 saturated carbocycles. The SMILES string of the molecule is CCc1cc(S(=O)(=O)O)c(Cl)cc1N=Nc1c([O-])c(C(=O)Nc2cc(Cl)ccc2OC)cc2ccccc12.[Na+]. The van der Waals surface area contributed by atoms with Gasteiger partial charge in [0.25, 0.3) is 16.0 Å². The molecule has 0 aromatic heterocycles. The van der Waals surface area contributed by atoms with Crippen LogP contribution in [0.5, 0.6) is 11.5 Å². The van der Waals surface area contributed by atoms with E-state index in [1.165, 1.54) is 31.4 Å². The van der Waals surface area contributed by atoms with Crippen LogP contribution in [-0.2, 0) is 16.5 Å². The number of amides is 1. The van der Waals surface area contributed by atoms with Gasteiger partial charge in [-0.3, -0.25) is 9.35 Å². The van der Waals surface area contributed by atoms with Crippen LogP contribution in [0.1, 0.15) is 22.8 Å². The van der Waals surface area contributed by atoms with Crippen LogP contribution in [0.25, 0.3) is 10.8 Å². The maximum atomic E-state index is 13.5. The van der Waals surface area contributed by atoms with Gasteiger partial charge >= 0.3 is 29.6 Å². The van der Waals surface area contributed by atoms with Crippen molar-refractivity contribution in [2.45, 2.75) is 18.2 Å². The van der Waals surface area contributed by atoms with Crippen molar-refractivity contribution in [3.63, 3.8) is 0 Å². The number of carbonyl (C=O) groups is 1. The Morgan fingerprint density at radius 2 is 1.79 bits per heavy atom. The molecule has 0 fully saturated rings. The number of hydrogen-bond donors (Lipinski definition) is 2. The molecular formula is C26H20Cl2N3NaO6S. The first-order valence-corrected chi connectivity index (χ1v) is 13.3. The van der Waals surface area contributed by atoms with Crippen molar-refractivity contribution in [1.29, 1.82) is 0 Å². The Morgan fingerprint density at radius 1 is 1.08 bits per heavy atom. The number of benzene rings is 4. The van der Waals surface area contributed by atoms with Gasteiger partial charge < -0.3 is 15.2 Å². The fraction of sp³-hybridized carbons (Fsp3) is 0.115. The third-order valence-corrected chi connectivity index (χ3v) is 7.23. The van der Waals surface area contributed by atoms with Crippen molar-refractivity contribution in [1.82, 2.24) is 0 Å². The molecule has 1 amide bonds. The van der Waals surface area contributed by atoms with Crippen LogP contribution in [0.15, 0.2) is 75.8 Å². The van der Waals surface area contributed by atoms with Gasteiger partial charge in [-0.2, -0.15) is 18.6 Å². The number of fused-ring (bicyclic) bond motifs is 1. The Hall–Kier alpha value is -2.70. The van der Waals surface area contributed by atoms with Gasteiger partial charge in [0.1, 0.15) is 10.6 Å². The van der Waals surface area contributed by atoms with Gasteiger partial charge in [0, 0.05) is 16.0 Å². The summed E-state index contributed by atoms with van der Waals surface area (Å²) in [4.78, 5) is 12.7. The molecule has 196 valence electrons. The van der Waals surface area contributed by atoms with E-state index in [2.05, 4.69) is 15.5 Å². The van der Waals surface area contributed by atoms with E-state index in [0.29, 0.717) is 33.5 Å². The van der Waals surface area contributed by atoms with Crippen molar-refractivity contribution in [2.75, 3.05) is 12.4 Å². The van der Waals surface area contributed by atoms with Crippen LogP contribution in [-0.4, -0.2) is 26.0 Å². The third-order valence-electron chi connectivity index (χ3n) is 5.68.